The van der Waals surface area contributed by atoms with Gasteiger partial charge in [0.1, 0.15) is 11.5 Å². The van der Waals surface area contributed by atoms with Crippen molar-refractivity contribution < 1.29 is 9.66 Å². The lowest BCUT2D eigenvalue weighted by atomic mass is 10.2. The number of nitro groups is 1. The molecule has 0 saturated carbocycles. The van der Waals surface area contributed by atoms with Crippen molar-refractivity contribution in [3.8, 4) is 11.5 Å². The maximum atomic E-state index is 10.6. The summed E-state index contributed by atoms with van der Waals surface area (Å²) in [5.74, 6) is 1.35. The van der Waals surface area contributed by atoms with E-state index in [9.17, 15) is 10.1 Å². The first-order valence-corrected chi connectivity index (χ1v) is 6.32. The molecule has 0 aliphatic heterocycles. The molecular formula is C13H10INO3. The van der Waals surface area contributed by atoms with Gasteiger partial charge in [-0.1, -0.05) is 6.07 Å². The van der Waals surface area contributed by atoms with E-state index in [1.165, 1.54) is 12.1 Å². The van der Waals surface area contributed by atoms with Crippen LogP contribution in [0.5, 0.6) is 11.5 Å². The van der Waals surface area contributed by atoms with Crippen molar-refractivity contribution in [2.75, 3.05) is 0 Å². The summed E-state index contributed by atoms with van der Waals surface area (Å²) in [7, 11) is 0. The van der Waals surface area contributed by atoms with Gasteiger partial charge in [0.15, 0.2) is 0 Å². The van der Waals surface area contributed by atoms with Gasteiger partial charge in [-0.2, -0.15) is 0 Å². The number of benzene rings is 2. The van der Waals surface area contributed by atoms with Gasteiger partial charge in [-0.15, -0.1) is 0 Å². The van der Waals surface area contributed by atoms with Crippen LogP contribution in [0.3, 0.4) is 0 Å². The molecule has 0 radical (unpaired) electrons. The van der Waals surface area contributed by atoms with Crippen LogP contribution in [0.1, 0.15) is 5.56 Å². The molecular weight excluding hydrogens is 345 g/mol. The van der Waals surface area contributed by atoms with Crippen molar-refractivity contribution >= 4 is 28.3 Å². The Morgan fingerprint density at radius 2 is 2.00 bits per heavy atom. The molecule has 0 N–H and O–H groups in total. The maximum absolute atomic E-state index is 10.6. The van der Waals surface area contributed by atoms with Crippen molar-refractivity contribution in [2.45, 2.75) is 6.92 Å². The standard InChI is InChI=1S/C13H10INO3/c1-9-7-11(15(16)17)5-6-13(9)18-12-4-2-3-10(14)8-12/h2-8H,1H3. The van der Waals surface area contributed by atoms with Crippen LogP contribution in [0, 0.1) is 20.6 Å². The van der Waals surface area contributed by atoms with Gasteiger partial charge >= 0.3 is 0 Å². The number of non-ortho nitro benzene ring substituents is 1. The van der Waals surface area contributed by atoms with Crippen LogP contribution in [-0.2, 0) is 0 Å². The lowest BCUT2D eigenvalue weighted by Crippen LogP contribution is -1.92. The Balaban J connectivity index is 2.27. The Kier molecular flexibility index (Phi) is 3.81. The molecule has 0 heterocycles. The van der Waals surface area contributed by atoms with Crippen LogP contribution in [0.2, 0.25) is 0 Å². The molecule has 0 aliphatic rings. The van der Waals surface area contributed by atoms with Crippen LogP contribution >= 0.6 is 22.6 Å². The first-order chi connectivity index (χ1) is 8.56. The van der Waals surface area contributed by atoms with Gasteiger partial charge in [0, 0.05) is 15.7 Å². The van der Waals surface area contributed by atoms with Gasteiger partial charge in [0.05, 0.1) is 4.92 Å². The molecule has 0 aliphatic carbocycles. The number of nitro benzene ring substituents is 1. The second-order valence-corrected chi connectivity index (χ2v) is 5.01. The summed E-state index contributed by atoms with van der Waals surface area (Å²) in [6.07, 6.45) is 0. The van der Waals surface area contributed by atoms with Crippen molar-refractivity contribution in [2.24, 2.45) is 0 Å². The number of rotatable bonds is 3. The molecule has 4 nitrogen and oxygen atoms in total. The van der Waals surface area contributed by atoms with Crippen LogP contribution in [0.15, 0.2) is 42.5 Å². The topological polar surface area (TPSA) is 52.4 Å². The normalized spacial score (nSPS) is 10.1. The zero-order valence-electron chi connectivity index (χ0n) is 9.59. The minimum Gasteiger partial charge on any atom is -0.457 e. The third kappa shape index (κ3) is 2.98. The maximum Gasteiger partial charge on any atom is 0.269 e. The predicted molar refractivity (Wildman–Crippen MR) is 77.1 cm³/mol. The Morgan fingerprint density at radius 1 is 1.22 bits per heavy atom. The van der Waals surface area contributed by atoms with E-state index in [1.54, 1.807) is 13.0 Å². The molecule has 0 saturated heterocycles. The van der Waals surface area contributed by atoms with Crippen molar-refractivity contribution in [1.82, 2.24) is 0 Å². The van der Waals surface area contributed by atoms with Gasteiger partial charge in [-0.3, -0.25) is 10.1 Å². The Morgan fingerprint density at radius 3 is 2.61 bits per heavy atom. The molecule has 0 spiro atoms. The summed E-state index contributed by atoms with van der Waals surface area (Å²) in [6.45, 7) is 1.79. The molecule has 0 amide bonds. The van der Waals surface area contributed by atoms with Crippen molar-refractivity contribution in [3.63, 3.8) is 0 Å². The average Bonchev–Trinajstić information content (AvgIpc) is 2.31. The van der Waals surface area contributed by atoms with Gasteiger partial charge < -0.3 is 4.74 Å². The Labute approximate surface area is 118 Å². The summed E-state index contributed by atoms with van der Waals surface area (Å²) in [6, 6.07) is 12.2. The van der Waals surface area contributed by atoms with Gasteiger partial charge in [-0.05, 0) is 59.3 Å². The Hall–Kier alpha value is -1.63. The first kappa shape index (κ1) is 12.8. The molecule has 0 unspecified atom stereocenters. The average molecular weight is 355 g/mol. The minimum absolute atomic E-state index is 0.0718. The second kappa shape index (κ2) is 5.34. The van der Waals surface area contributed by atoms with Crippen LogP contribution < -0.4 is 4.74 Å². The molecule has 0 atom stereocenters. The fourth-order valence-electron chi connectivity index (χ4n) is 1.52. The third-order valence-electron chi connectivity index (χ3n) is 2.39. The number of aryl methyl sites for hydroxylation is 1. The lowest BCUT2D eigenvalue weighted by Gasteiger charge is -2.08. The smallest absolute Gasteiger partial charge is 0.269 e. The van der Waals surface area contributed by atoms with E-state index in [0.717, 1.165) is 14.9 Å². The molecule has 0 aromatic heterocycles. The van der Waals surface area contributed by atoms with E-state index < -0.39 is 4.92 Å². The second-order valence-electron chi connectivity index (χ2n) is 3.77. The Bertz CT molecular complexity index is 599. The zero-order valence-corrected chi connectivity index (χ0v) is 11.7. The number of ether oxygens (including phenoxy) is 1. The molecule has 2 rings (SSSR count). The van der Waals surface area contributed by atoms with Gasteiger partial charge in [-0.25, -0.2) is 0 Å². The van der Waals surface area contributed by atoms with E-state index in [-0.39, 0.29) is 5.69 Å². The van der Waals surface area contributed by atoms with E-state index in [2.05, 4.69) is 22.6 Å². The van der Waals surface area contributed by atoms with Gasteiger partial charge in [0.25, 0.3) is 5.69 Å². The summed E-state index contributed by atoms with van der Waals surface area (Å²) < 4.78 is 6.77. The molecule has 18 heavy (non-hydrogen) atoms. The summed E-state index contributed by atoms with van der Waals surface area (Å²) in [5.41, 5.74) is 0.811. The van der Waals surface area contributed by atoms with Crippen molar-refractivity contribution in [1.29, 1.82) is 0 Å². The van der Waals surface area contributed by atoms with Crippen LogP contribution in [0.25, 0.3) is 0 Å². The molecule has 5 heteroatoms. The monoisotopic (exact) mass is 355 g/mol. The fourth-order valence-corrected chi connectivity index (χ4v) is 2.03. The largest absolute Gasteiger partial charge is 0.457 e. The first-order valence-electron chi connectivity index (χ1n) is 5.25. The van der Waals surface area contributed by atoms with E-state index in [1.807, 2.05) is 24.3 Å². The molecule has 2 aromatic carbocycles. The lowest BCUT2D eigenvalue weighted by molar-refractivity contribution is -0.384. The third-order valence-corrected chi connectivity index (χ3v) is 3.06. The predicted octanol–water partition coefficient (Wildman–Crippen LogP) is 4.30. The molecule has 2 aromatic rings. The number of hydrogen-bond acceptors (Lipinski definition) is 3. The highest BCUT2D eigenvalue weighted by Crippen LogP contribution is 2.28. The molecule has 92 valence electrons. The summed E-state index contributed by atoms with van der Waals surface area (Å²) in [5, 5.41) is 10.6. The number of nitrogens with zero attached hydrogens (tertiary/aromatic N) is 1. The van der Waals surface area contributed by atoms with Crippen LogP contribution in [-0.4, -0.2) is 4.92 Å². The number of halogens is 1. The minimum atomic E-state index is -0.414. The zero-order chi connectivity index (χ0) is 13.1. The highest BCUT2D eigenvalue weighted by atomic mass is 127. The molecule has 0 bridgehead atoms. The van der Waals surface area contributed by atoms with Crippen molar-refractivity contribution in [3.05, 3.63) is 61.7 Å². The number of hydrogen-bond donors (Lipinski definition) is 0. The van der Waals surface area contributed by atoms with E-state index in [0.29, 0.717) is 5.75 Å². The highest BCUT2D eigenvalue weighted by Gasteiger charge is 2.09. The summed E-state index contributed by atoms with van der Waals surface area (Å²) >= 11 is 2.20. The SMILES string of the molecule is Cc1cc([N+](=O)[O-])ccc1Oc1cccc(I)c1. The quantitative estimate of drug-likeness (QED) is 0.469. The highest BCUT2D eigenvalue weighted by molar-refractivity contribution is 14.1. The fraction of sp³-hybridized carbons (Fsp3) is 0.0769. The molecule has 0 fully saturated rings. The van der Waals surface area contributed by atoms with E-state index in [4.69, 9.17) is 4.74 Å². The van der Waals surface area contributed by atoms with Gasteiger partial charge in [0.2, 0.25) is 0 Å². The summed E-state index contributed by atoms with van der Waals surface area (Å²) in [4.78, 5) is 10.2. The van der Waals surface area contributed by atoms with Crippen LogP contribution in [0.4, 0.5) is 5.69 Å². The van der Waals surface area contributed by atoms with E-state index >= 15 is 0 Å².